The molecule has 0 fully saturated rings. The Balaban J connectivity index is 2.45. The number of rotatable bonds is 5. The van der Waals surface area contributed by atoms with Crippen LogP contribution in [0.4, 0.5) is 0 Å². The van der Waals surface area contributed by atoms with Gasteiger partial charge in [0.2, 0.25) is 0 Å². The summed E-state index contributed by atoms with van der Waals surface area (Å²) in [4.78, 5) is 11.5. The second-order valence-corrected chi connectivity index (χ2v) is 9.22. The monoisotopic (exact) mass is 246 g/mol. The summed E-state index contributed by atoms with van der Waals surface area (Å²) in [5.74, 6) is -0.295. The predicted molar refractivity (Wildman–Crippen MR) is 74.1 cm³/mol. The van der Waals surface area contributed by atoms with Crippen LogP contribution in [0.5, 0.6) is 0 Å². The van der Waals surface area contributed by atoms with Crippen LogP contribution in [0.1, 0.15) is 5.56 Å². The van der Waals surface area contributed by atoms with Gasteiger partial charge >= 0.3 is 5.97 Å². The SMILES string of the molecule is C=C[Si](C)(C)COC(=O)/C=C/c1ccccc1. The maximum atomic E-state index is 11.5. The normalized spacial score (nSPS) is 11.4. The molecule has 1 aromatic carbocycles. The minimum absolute atomic E-state index is 0.295. The van der Waals surface area contributed by atoms with Crippen LogP contribution in [0, 0.1) is 0 Å². The maximum Gasteiger partial charge on any atom is 0.330 e. The maximum absolute atomic E-state index is 11.5. The molecule has 1 aromatic rings. The number of ether oxygens (including phenoxy) is 1. The number of carbonyl (C=O) groups excluding carboxylic acids is 1. The molecule has 0 saturated carbocycles. The van der Waals surface area contributed by atoms with Crippen LogP contribution >= 0.6 is 0 Å². The van der Waals surface area contributed by atoms with Crippen molar-refractivity contribution in [2.24, 2.45) is 0 Å². The van der Waals surface area contributed by atoms with Crippen LogP contribution in [-0.4, -0.2) is 20.3 Å². The minimum atomic E-state index is -1.56. The molecule has 0 radical (unpaired) electrons. The minimum Gasteiger partial charge on any atom is -0.466 e. The zero-order valence-electron chi connectivity index (χ0n) is 10.3. The summed E-state index contributed by atoms with van der Waals surface area (Å²) in [6.07, 6.45) is 3.70. The van der Waals surface area contributed by atoms with Gasteiger partial charge in [0.1, 0.15) is 8.07 Å². The van der Waals surface area contributed by atoms with Crippen LogP contribution < -0.4 is 0 Å². The van der Waals surface area contributed by atoms with E-state index in [-0.39, 0.29) is 5.97 Å². The Morgan fingerprint density at radius 2 is 2.00 bits per heavy atom. The van der Waals surface area contributed by atoms with Crippen molar-refractivity contribution in [3.05, 3.63) is 54.2 Å². The second-order valence-electron chi connectivity index (χ2n) is 4.54. The van der Waals surface area contributed by atoms with Gasteiger partial charge in [-0.15, -0.1) is 6.58 Å². The third-order valence-electron chi connectivity index (χ3n) is 2.35. The van der Waals surface area contributed by atoms with E-state index in [1.54, 1.807) is 6.08 Å². The van der Waals surface area contributed by atoms with Crippen molar-refractivity contribution in [3.63, 3.8) is 0 Å². The Morgan fingerprint density at radius 3 is 2.59 bits per heavy atom. The van der Waals surface area contributed by atoms with E-state index in [9.17, 15) is 4.79 Å². The molecule has 0 N–H and O–H groups in total. The van der Waals surface area contributed by atoms with Crippen LogP contribution in [-0.2, 0) is 9.53 Å². The van der Waals surface area contributed by atoms with Crippen LogP contribution in [0.15, 0.2) is 48.7 Å². The number of hydrogen-bond donors (Lipinski definition) is 0. The van der Waals surface area contributed by atoms with Crippen LogP contribution in [0.2, 0.25) is 13.1 Å². The number of hydrogen-bond acceptors (Lipinski definition) is 2. The van der Waals surface area contributed by atoms with Crippen molar-refractivity contribution < 1.29 is 9.53 Å². The Labute approximate surface area is 104 Å². The second kappa shape index (κ2) is 6.20. The topological polar surface area (TPSA) is 26.3 Å². The smallest absolute Gasteiger partial charge is 0.330 e. The third kappa shape index (κ3) is 5.31. The Kier molecular flexibility index (Phi) is 4.91. The fraction of sp³-hybridized carbons (Fsp3) is 0.214. The van der Waals surface area contributed by atoms with Gasteiger partial charge in [-0.25, -0.2) is 4.79 Å². The third-order valence-corrected chi connectivity index (χ3v) is 4.34. The molecule has 0 unspecified atom stereocenters. The van der Waals surface area contributed by atoms with E-state index in [0.29, 0.717) is 6.23 Å². The number of carbonyl (C=O) groups is 1. The van der Waals surface area contributed by atoms with Gasteiger partial charge in [-0.05, 0) is 11.6 Å². The zero-order chi connectivity index (χ0) is 12.7. The van der Waals surface area contributed by atoms with Crippen molar-refractivity contribution in [1.29, 1.82) is 0 Å². The Morgan fingerprint density at radius 1 is 1.35 bits per heavy atom. The van der Waals surface area contributed by atoms with E-state index >= 15 is 0 Å². The summed E-state index contributed by atoms with van der Waals surface area (Å²) >= 11 is 0. The van der Waals surface area contributed by atoms with E-state index in [1.807, 2.05) is 36.0 Å². The van der Waals surface area contributed by atoms with Gasteiger partial charge in [-0.1, -0.05) is 49.1 Å². The standard InChI is InChI=1S/C14H18O2Si/c1-4-17(2,3)12-16-14(15)11-10-13-8-6-5-7-9-13/h4-11H,1,12H2,2-3H3/b11-10+. The number of esters is 1. The van der Waals surface area contributed by atoms with E-state index in [2.05, 4.69) is 19.7 Å². The van der Waals surface area contributed by atoms with Crippen molar-refractivity contribution in [1.82, 2.24) is 0 Å². The fourth-order valence-corrected chi connectivity index (χ4v) is 1.72. The first-order chi connectivity index (χ1) is 8.03. The molecule has 0 aliphatic rings. The van der Waals surface area contributed by atoms with Crippen LogP contribution in [0.3, 0.4) is 0 Å². The molecule has 0 aliphatic carbocycles. The highest BCUT2D eigenvalue weighted by Crippen LogP contribution is 2.05. The molecule has 0 amide bonds. The zero-order valence-corrected chi connectivity index (χ0v) is 11.3. The lowest BCUT2D eigenvalue weighted by Crippen LogP contribution is -2.31. The molecule has 1 rings (SSSR count). The Hall–Kier alpha value is -1.61. The van der Waals surface area contributed by atoms with Crippen molar-refractivity contribution in [3.8, 4) is 0 Å². The van der Waals surface area contributed by atoms with E-state index in [4.69, 9.17) is 4.74 Å². The molecular weight excluding hydrogens is 228 g/mol. The number of benzene rings is 1. The van der Waals surface area contributed by atoms with Crippen molar-refractivity contribution >= 4 is 20.1 Å². The molecule has 3 heteroatoms. The summed E-state index contributed by atoms with van der Waals surface area (Å²) in [5.41, 5.74) is 2.91. The van der Waals surface area contributed by atoms with E-state index in [1.165, 1.54) is 6.08 Å². The van der Waals surface area contributed by atoms with E-state index < -0.39 is 8.07 Å². The summed E-state index contributed by atoms with van der Waals surface area (Å²) in [5, 5.41) is 0. The van der Waals surface area contributed by atoms with Gasteiger partial charge in [0, 0.05) is 6.08 Å². The average Bonchev–Trinajstić information content (AvgIpc) is 2.35. The summed E-state index contributed by atoms with van der Waals surface area (Å²) in [6.45, 7) is 7.97. The molecule has 17 heavy (non-hydrogen) atoms. The van der Waals surface area contributed by atoms with Gasteiger partial charge in [-0.2, -0.15) is 0 Å². The molecule has 0 saturated heterocycles. The first-order valence-corrected chi connectivity index (χ1v) is 8.85. The first-order valence-electron chi connectivity index (χ1n) is 5.57. The lowest BCUT2D eigenvalue weighted by Gasteiger charge is -2.15. The Bertz CT molecular complexity index is 407. The van der Waals surface area contributed by atoms with Crippen molar-refractivity contribution in [2.75, 3.05) is 6.23 Å². The molecule has 0 atom stereocenters. The molecular formula is C14H18O2Si. The van der Waals surface area contributed by atoms with Crippen LogP contribution in [0.25, 0.3) is 6.08 Å². The first kappa shape index (κ1) is 13.5. The van der Waals surface area contributed by atoms with Gasteiger partial charge < -0.3 is 4.74 Å². The summed E-state index contributed by atoms with van der Waals surface area (Å²) < 4.78 is 5.18. The molecule has 0 aromatic heterocycles. The largest absolute Gasteiger partial charge is 0.466 e. The molecule has 0 aliphatic heterocycles. The quantitative estimate of drug-likeness (QED) is 0.453. The van der Waals surface area contributed by atoms with Gasteiger partial charge in [0.25, 0.3) is 0 Å². The summed E-state index contributed by atoms with van der Waals surface area (Å²) in [6, 6.07) is 9.67. The van der Waals surface area contributed by atoms with Crippen molar-refractivity contribution in [2.45, 2.75) is 13.1 Å². The lowest BCUT2D eigenvalue weighted by atomic mass is 10.2. The van der Waals surface area contributed by atoms with Gasteiger partial charge in [-0.3, -0.25) is 0 Å². The molecule has 0 spiro atoms. The summed E-state index contributed by atoms with van der Waals surface area (Å²) in [7, 11) is -1.56. The average molecular weight is 246 g/mol. The van der Waals surface area contributed by atoms with Gasteiger partial charge in [0.05, 0.1) is 6.23 Å². The highest BCUT2D eigenvalue weighted by molar-refractivity contribution is 6.82. The molecule has 2 nitrogen and oxygen atoms in total. The highest BCUT2D eigenvalue weighted by Gasteiger charge is 2.17. The van der Waals surface area contributed by atoms with E-state index in [0.717, 1.165) is 5.56 Å². The van der Waals surface area contributed by atoms with Gasteiger partial charge in [0.15, 0.2) is 0 Å². The fourth-order valence-electron chi connectivity index (χ4n) is 1.09. The lowest BCUT2D eigenvalue weighted by molar-refractivity contribution is -0.135. The molecule has 0 heterocycles. The molecule has 0 bridgehead atoms. The predicted octanol–water partition coefficient (Wildman–Crippen LogP) is 3.22. The highest BCUT2D eigenvalue weighted by atomic mass is 28.3. The molecule has 90 valence electrons.